The number of benzene rings is 4. The van der Waals surface area contributed by atoms with Crippen molar-refractivity contribution < 1.29 is 9.53 Å². The average molecular weight is 421 g/mol. The van der Waals surface area contributed by atoms with Gasteiger partial charge in [-0.15, -0.1) is 11.3 Å². The van der Waals surface area contributed by atoms with Crippen LogP contribution < -0.4 is 0 Å². The Morgan fingerprint density at radius 2 is 1.39 bits per heavy atom. The van der Waals surface area contributed by atoms with Gasteiger partial charge in [0.2, 0.25) is 0 Å². The molecule has 0 aliphatic rings. The van der Waals surface area contributed by atoms with Gasteiger partial charge in [0.05, 0.1) is 0 Å². The van der Waals surface area contributed by atoms with Crippen LogP contribution in [0.2, 0.25) is 0 Å². The van der Waals surface area contributed by atoms with Gasteiger partial charge >= 0.3 is 5.97 Å². The summed E-state index contributed by atoms with van der Waals surface area (Å²) in [6.07, 6.45) is 1.20. The number of esters is 1. The van der Waals surface area contributed by atoms with Crippen LogP contribution in [-0.2, 0) is 16.1 Å². The zero-order valence-corrected chi connectivity index (χ0v) is 17.7. The highest BCUT2D eigenvalue weighted by atomic mass is 32.1. The summed E-state index contributed by atoms with van der Waals surface area (Å²) < 4.78 is 5.44. The lowest BCUT2D eigenvalue weighted by molar-refractivity contribution is -0.138. The molecule has 0 radical (unpaired) electrons. The quantitative estimate of drug-likeness (QED) is 0.216. The third-order valence-electron chi connectivity index (χ3n) is 5.50. The molecule has 0 amide bonds. The van der Waals surface area contributed by atoms with E-state index in [-0.39, 0.29) is 6.61 Å². The topological polar surface area (TPSA) is 26.3 Å². The Morgan fingerprint density at radius 1 is 0.806 bits per heavy atom. The van der Waals surface area contributed by atoms with Crippen LogP contribution in [0.15, 0.2) is 103 Å². The molecule has 0 atom stereocenters. The largest absolute Gasteiger partial charge is 0.458 e. The summed E-state index contributed by atoms with van der Waals surface area (Å²) in [6.45, 7) is 3.72. The molecule has 0 saturated heterocycles. The van der Waals surface area contributed by atoms with Crippen LogP contribution in [0.3, 0.4) is 0 Å². The van der Waals surface area contributed by atoms with Gasteiger partial charge in [0.25, 0.3) is 0 Å². The number of thiophene rings is 1. The van der Waals surface area contributed by atoms with E-state index in [0.717, 1.165) is 16.7 Å². The van der Waals surface area contributed by atoms with Crippen molar-refractivity contribution in [3.05, 3.63) is 109 Å². The molecule has 4 aromatic carbocycles. The number of fused-ring (bicyclic) bond motifs is 2. The number of hydrogen-bond donors (Lipinski definition) is 0. The molecule has 1 heterocycles. The molecule has 0 aliphatic heterocycles. The van der Waals surface area contributed by atoms with Crippen LogP contribution in [0.1, 0.15) is 5.56 Å². The highest BCUT2D eigenvalue weighted by molar-refractivity contribution is 7.14. The molecule has 0 unspecified atom stereocenters. The van der Waals surface area contributed by atoms with Gasteiger partial charge in [-0.1, -0.05) is 91.5 Å². The Morgan fingerprint density at radius 3 is 2.06 bits per heavy atom. The molecular formula is C28H20O2S. The Hall–Kier alpha value is -3.69. The number of carbonyl (C=O) groups excluding carboxylic acids is 1. The van der Waals surface area contributed by atoms with E-state index in [1.165, 1.54) is 38.1 Å². The summed E-state index contributed by atoms with van der Waals surface area (Å²) in [5, 5.41) is 6.88. The second kappa shape index (κ2) is 8.21. The Labute approximate surface area is 185 Å². The standard InChI is InChI=1S/C28H20O2S/c1-2-26(29)30-17-21-18-31-28(25-16-8-12-20-10-4-6-14-23(20)25)27(21)24-15-7-11-19-9-3-5-13-22(19)24/h2-16,18H,1,17H2. The summed E-state index contributed by atoms with van der Waals surface area (Å²) >= 11 is 1.69. The highest BCUT2D eigenvalue weighted by Gasteiger charge is 2.19. The molecular weight excluding hydrogens is 400 g/mol. The van der Waals surface area contributed by atoms with Gasteiger partial charge in [0.1, 0.15) is 6.61 Å². The SMILES string of the molecule is C=CC(=O)OCc1csc(-c2cccc3ccccc23)c1-c1cccc2ccccc12. The first-order chi connectivity index (χ1) is 15.3. The fourth-order valence-corrected chi connectivity index (χ4v) is 5.18. The summed E-state index contributed by atoms with van der Waals surface area (Å²) in [5.41, 5.74) is 4.45. The summed E-state index contributed by atoms with van der Waals surface area (Å²) in [6, 6.07) is 29.6. The van der Waals surface area contributed by atoms with Crippen LogP contribution >= 0.6 is 11.3 Å². The Balaban J connectivity index is 1.77. The lowest BCUT2D eigenvalue weighted by atomic mass is 9.92. The molecule has 31 heavy (non-hydrogen) atoms. The van der Waals surface area contributed by atoms with Crippen molar-refractivity contribution >= 4 is 38.9 Å². The lowest BCUT2D eigenvalue weighted by Gasteiger charge is -2.13. The highest BCUT2D eigenvalue weighted by Crippen LogP contribution is 2.45. The molecule has 0 spiro atoms. The summed E-state index contributed by atoms with van der Waals surface area (Å²) in [4.78, 5) is 12.9. The van der Waals surface area contributed by atoms with Crippen molar-refractivity contribution in [1.29, 1.82) is 0 Å². The van der Waals surface area contributed by atoms with Gasteiger partial charge in [0.15, 0.2) is 0 Å². The molecule has 0 saturated carbocycles. The smallest absolute Gasteiger partial charge is 0.330 e. The van der Waals surface area contributed by atoms with Crippen molar-refractivity contribution in [2.24, 2.45) is 0 Å². The van der Waals surface area contributed by atoms with E-state index >= 15 is 0 Å². The van der Waals surface area contributed by atoms with Crippen LogP contribution in [0.25, 0.3) is 43.1 Å². The second-order valence-electron chi connectivity index (χ2n) is 7.33. The minimum absolute atomic E-state index is 0.213. The lowest BCUT2D eigenvalue weighted by Crippen LogP contribution is -2.00. The third-order valence-corrected chi connectivity index (χ3v) is 6.56. The summed E-state index contributed by atoms with van der Waals surface area (Å²) in [5.74, 6) is -0.415. The molecule has 5 rings (SSSR count). The van der Waals surface area contributed by atoms with E-state index < -0.39 is 5.97 Å². The van der Waals surface area contributed by atoms with E-state index in [9.17, 15) is 4.79 Å². The zero-order chi connectivity index (χ0) is 21.2. The Bertz CT molecular complexity index is 1420. The first-order valence-corrected chi connectivity index (χ1v) is 11.0. The van der Waals surface area contributed by atoms with Crippen molar-refractivity contribution in [3.8, 4) is 21.6 Å². The first-order valence-electron chi connectivity index (χ1n) is 10.1. The maximum atomic E-state index is 11.8. The van der Waals surface area contributed by atoms with Crippen LogP contribution in [0, 0.1) is 0 Å². The normalized spacial score (nSPS) is 11.0. The van der Waals surface area contributed by atoms with Gasteiger partial charge in [-0.2, -0.15) is 0 Å². The van der Waals surface area contributed by atoms with Crippen LogP contribution in [0.5, 0.6) is 0 Å². The van der Waals surface area contributed by atoms with E-state index in [1.54, 1.807) is 11.3 Å². The van der Waals surface area contributed by atoms with Crippen LogP contribution in [-0.4, -0.2) is 5.97 Å². The Kier molecular flexibility index (Phi) is 5.11. The van der Waals surface area contributed by atoms with Gasteiger partial charge in [-0.05, 0) is 32.5 Å². The summed E-state index contributed by atoms with van der Waals surface area (Å²) in [7, 11) is 0. The maximum Gasteiger partial charge on any atom is 0.330 e. The van der Waals surface area contributed by atoms with Gasteiger partial charge in [-0.25, -0.2) is 4.79 Å². The maximum absolute atomic E-state index is 11.8. The fourth-order valence-electron chi connectivity index (χ4n) is 4.07. The van der Waals surface area contributed by atoms with Gasteiger partial charge in [-0.3, -0.25) is 0 Å². The van der Waals surface area contributed by atoms with E-state index in [2.05, 4.69) is 96.9 Å². The molecule has 3 heteroatoms. The van der Waals surface area contributed by atoms with E-state index in [1.807, 2.05) is 0 Å². The van der Waals surface area contributed by atoms with Gasteiger partial charge < -0.3 is 4.74 Å². The minimum atomic E-state index is -0.415. The monoisotopic (exact) mass is 420 g/mol. The van der Waals surface area contributed by atoms with Crippen molar-refractivity contribution in [2.75, 3.05) is 0 Å². The molecule has 0 aliphatic carbocycles. The number of hydrogen-bond acceptors (Lipinski definition) is 3. The fraction of sp³-hybridized carbons (Fsp3) is 0.0357. The molecule has 0 fully saturated rings. The van der Waals surface area contributed by atoms with E-state index in [4.69, 9.17) is 4.74 Å². The molecule has 5 aromatic rings. The number of ether oxygens (including phenoxy) is 1. The van der Waals surface area contributed by atoms with Crippen molar-refractivity contribution in [2.45, 2.75) is 6.61 Å². The molecule has 0 N–H and O–H groups in total. The second-order valence-corrected chi connectivity index (χ2v) is 8.21. The predicted octanol–water partition coefficient (Wildman–Crippen LogP) is 7.62. The van der Waals surface area contributed by atoms with Crippen molar-refractivity contribution in [1.82, 2.24) is 0 Å². The average Bonchev–Trinajstić information content (AvgIpc) is 3.25. The zero-order valence-electron chi connectivity index (χ0n) is 16.9. The van der Waals surface area contributed by atoms with Crippen LogP contribution in [0.4, 0.5) is 0 Å². The molecule has 0 bridgehead atoms. The van der Waals surface area contributed by atoms with E-state index in [0.29, 0.717) is 0 Å². The van der Waals surface area contributed by atoms with Crippen molar-refractivity contribution in [3.63, 3.8) is 0 Å². The van der Waals surface area contributed by atoms with Gasteiger partial charge in [0, 0.05) is 27.6 Å². The number of carbonyl (C=O) groups is 1. The first kappa shape index (κ1) is 19.3. The molecule has 1 aromatic heterocycles. The minimum Gasteiger partial charge on any atom is -0.458 e. The molecule has 150 valence electrons. The molecule has 2 nitrogen and oxygen atoms in total. The predicted molar refractivity (Wildman–Crippen MR) is 130 cm³/mol. The number of rotatable bonds is 5. The third kappa shape index (κ3) is 3.54.